The number of benzene rings is 1. The molecule has 0 spiro atoms. The molecule has 2 nitrogen and oxygen atoms in total. The van der Waals surface area contributed by atoms with Crippen LogP contribution in [-0.2, 0) is 6.54 Å². The van der Waals surface area contributed by atoms with Gasteiger partial charge in [0.2, 0.25) is 0 Å². The van der Waals surface area contributed by atoms with Crippen molar-refractivity contribution >= 4 is 10.2 Å². The van der Waals surface area contributed by atoms with E-state index in [1.807, 2.05) is 0 Å². The first-order valence-corrected chi connectivity index (χ1v) is 13.7. The van der Waals surface area contributed by atoms with E-state index in [4.69, 9.17) is 0 Å². The fraction of sp³-hybridized carbons (Fsp3) is 0.778. The minimum atomic E-state index is 0.924. The van der Waals surface area contributed by atoms with Gasteiger partial charge in [0.05, 0.1) is 0 Å². The number of hydrogen-bond donors (Lipinski definition) is 2. The normalized spacial score (nSPS) is 11.2. The van der Waals surface area contributed by atoms with Crippen molar-refractivity contribution in [1.82, 2.24) is 10.6 Å². The lowest BCUT2D eigenvalue weighted by atomic mass is 10.0. The van der Waals surface area contributed by atoms with Gasteiger partial charge in [-0.3, -0.25) is 0 Å². The van der Waals surface area contributed by atoms with Crippen molar-refractivity contribution in [3.05, 3.63) is 35.9 Å². The summed E-state index contributed by atoms with van der Waals surface area (Å²) in [6.07, 6.45) is 25.2. The highest BCUT2D eigenvalue weighted by molar-refractivity contribution is 6.08. The zero-order valence-corrected chi connectivity index (χ0v) is 20.7. The number of unbranched alkanes of at least 4 members (excludes halogenated alkanes) is 16. The van der Waals surface area contributed by atoms with Crippen LogP contribution in [0.2, 0.25) is 0 Å². The highest BCUT2D eigenvalue weighted by Gasteiger charge is 1.96. The molecule has 0 unspecified atom stereocenters. The summed E-state index contributed by atoms with van der Waals surface area (Å²) in [5.74, 6) is 0. The Hall–Kier alpha value is -0.643. The van der Waals surface area contributed by atoms with Crippen LogP contribution in [0.5, 0.6) is 0 Å². The van der Waals surface area contributed by atoms with Crippen LogP contribution in [-0.4, -0.2) is 29.5 Å². The lowest BCUT2D eigenvalue weighted by Gasteiger charge is -2.05. The molecule has 0 bridgehead atoms. The molecule has 0 saturated heterocycles. The summed E-state index contributed by atoms with van der Waals surface area (Å²) in [6.45, 7) is 3.33. The largest absolute Gasteiger partial charge is 0.320 e. The molecule has 0 aromatic heterocycles. The fourth-order valence-electron chi connectivity index (χ4n) is 4.07. The van der Waals surface area contributed by atoms with Crippen LogP contribution in [0.1, 0.15) is 115 Å². The predicted octanol–water partition coefficient (Wildman–Crippen LogP) is 7.12. The molecule has 171 valence electrons. The second-order valence-corrected chi connectivity index (χ2v) is 9.20. The standard InChI is InChI=1S/C27H49N2Si/c30-26-29-24-20-15-13-11-9-7-5-3-1-2-4-6-8-10-12-14-19-23-28-25-27-21-17-16-18-22-27/h16-18,21-22,28-29H,1-15,19-20,23-26H2. The molecule has 0 aliphatic carbocycles. The van der Waals surface area contributed by atoms with Crippen LogP contribution in [0.25, 0.3) is 0 Å². The molecular weight excluding hydrogens is 380 g/mol. The fourth-order valence-corrected chi connectivity index (χ4v) is 4.25. The maximum absolute atomic E-state index is 3.56. The summed E-state index contributed by atoms with van der Waals surface area (Å²) in [6, 6.07) is 10.7. The number of rotatable bonds is 23. The molecule has 0 atom stereocenters. The van der Waals surface area contributed by atoms with Gasteiger partial charge in [-0.1, -0.05) is 127 Å². The Bertz CT molecular complexity index is 438. The monoisotopic (exact) mass is 429 g/mol. The molecule has 0 aliphatic rings. The second-order valence-electron chi connectivity index (χ2n) is 8.85. The molecule has 3 radical (unpaired) electrons. The van der Waals surface area contributed by atoms with Crippen molar-refractivity contribution in [2.75, 3.05) is 19.3 Å². The van der Waals surface area contributed by atoms with Crippen LogP contribution < -0.4 is 10.6 Å². The van der Waals surface area contributed by atoms with E-state index in [1.54, 1.807) is 0 Å². The van der Waals surface area contributed by atoms with Crippen LogP contribution in [0, 0.1) is 0 Å². The molecular formula is C27H49N2Si. The smallest absolute Gasteiger partial charge is 0.0428 e. The highest BCUT2D eigenvalue weighted by Crippen LogP contribution is 2.14. The molecule has 30 heavy (non-hydrogen) atoms. The van der Waals surface area contributed by atoms with Crippen LogP contribution in [0.3, 0.4) is 0 Å². The predicted molar refractivity (Wildman–Crippen MR) is 135 cm³/mol. The van der Waals surface area contributed by atoms with Gasteiger partial charge >= 0.3 is 0 Å². The number of hydrogen-bond acceptors (Lipinski definition) is 2. The van der Waals surface area contributed by atoms with E-state index in [9.17, 15) is 0 Å². The summed E-state index contributed by atoms with van der Waals surface area (Å²) in [7, 11) is 3.44. The average molecular weight is 430 g/mol. The van der Waals surface area contributed by atoms with Gasteiger partial charge in [0.25, 0.3) is 0 Å². The first kappa shape index (κ1) is 27.4. The van der Waals surface area contributed by atoms with Gasteiger partial charge < -0.3 is 10.6 Å². The number of nitrogens with one attached hydrogen (secondary N) is 2. The Kier molecular flexibility index (Phi) is 21.0. The molecule has 3 heteroatoms. The van der Waals surface area contributed by atoms with E-state index in [2.05, 4.69) is 51.2 Å². The second kappa shape index (κ2) is 23.0. The molecule has 1 rings (SSSR count). The summed E-state index contributed by atoms with van der Waals surface area (Å²) in [4.78, 5) is 0. The molecule has 0 amide bonds. The average Bonchev–Trinajstić information content (AvgIpc) is 2.78. The Morgan fingerprint density at radius 1 is 0.467 bits per heavy atom. The highest BCUT2D eigenvalue weighted by atomic mass is 28.1. The van der Waals surface area contributed by atoms with Crippen LogP contribution in [0.4, 0.5) is 0 Å². The Morgan fingerprint density at radius 3 is 1.23 bits per heavy atom. The van der Waals surface area contributed by atoms with E-state index in [1.165, 1.54) is 115 Å². The van der Waals surface area contributed by atoms with Crippen molar-refractivity contribution in [1.29, 1.82) is 0 Å². The quantitative estimate of drug-likeness (QED) is 0.143. The third kappa shape index (κ3) is 19.3. The van der Waals surface area contributed by atoms with Crippen molar-refractivity contribution in [3.8, 4) is 0 Å². The zero-order chi connectivity index (χ0) is 21.4. The Labute approximate surface area is 191 Å². The lowest BCUT2D eigenvalue weighted by molar-refractivity contribution is 0.521. The summed E-state index contributed by atoms with van der Waals surface area (Å²) in [5.41, 5.74) is 1.39. The van der Waals surface area contributed by atoms with Crippen molar-refractivity contribution in [3.63, 3.8) is 0 Å². The maximum atomic E-state index is 3.56. The van der Waals surface area contributed by atoms with Gasteiger partial charge in [-0.05, 0) is 37.7 Å². The van der Waals surface area contributed by atoms with Crippen LogP contribution in [0.15, 0.2) is 30.3 Å². The van der Waals surface area contributed by atoms with Crippen LogP contribution >= 0.6 is 0 Å². The SMILES string of the molecule is [Si]CNCCCCCCCCCCCCCCCCCCCNCc1ccccc1. The van der Waals surface area contributed by atoms with Gasteiger partial charge in [-0.2, -0.15) is 0 Å². The molecule has 2 N–H and O–H groups in total. The Balaban J connectivity index is 1.65. The van der Waals surface area contributed by atoms with E-state index in [-0.39, 0.29) is 0 Å². The van der Waals surface area contributed by atoms with Crippen molar-refractivity contribution in [2.45, 2.75) is 116 Å². The van der Waals surface area contributed by atoms with E-state index < -0.39 is 0 Å². The van der Waals surface area contributed by atoms with Crippen molar-refractivity contribution in [2.24, 2.45) is 0 Å². The third-order valence-electron chi connectivity index (χ3n) is 6.00. The molecule has 1 aromatic carbocycles. The molecule has 1 aromatic rings. The van der Waals surface area contributed by atoms with Gasteiger partial charge in [-0.15, -0.1) is 0 Å². The molecule has 0 heterocycles. The minimum absolute atomic E-state index is 0.924. The van der Waals surface area contributed by atoms with E-state index >= 15 is 0 Å². The summed E-state index contributed by atoms with van der Waals surface area (Å²) >= 11 is 0. The molecule has 0 fully saturated rings. The van der Waals surface area contributed by atoms with Gasteiger partial charge in [0.1, 0.15) is 0 Å². The minimum Gasteiger partial charge on any atom is -0.320 e. The zero-order valence-electron chi connectivity index (χ0n) is 19.7. The van der Waals surface area contributed by atoms with E-state index in [0.717, 1.165) is 25.8 Å². The molecule has 0 aliphatic heterocycles. The van der Waals surface area contributed by atoms with E-state index in [0.29, 0.717) is 0 Å². The third-order valence-corrected chi connectivity index (χ3v) is 6.25. The van der Waals surface area contributed by atoms with Gasteiger partial charge in [0, 0.05) is 16.8 Å². The lowest BCUT2D eigenvalue weighted by Crippen LogP contribution is -2.16. The maximum Gasteiger partial charge on any atom is 0.0428 e. The van der Waals surface area contributed by atoms with Crippen molar-refractivity contribution < 1.29 is 0 Å². The Morgan fingerprint density at radius 2 is 0.833 bits per heavy atom. The molecule has 0 saturated carbocycles. The van der Waals surface area contributed by atoms with Gasteiger partial charge in [-0.25, -0.2) is 0 Å². The topological polar surface area (TPSA) is 24.1 Å². The summed E-state index contributed by atoms with van der Waals surface area (Å²) in [5, 5.41) is 6.88. The summed E-state index contributed by atoms with van der Waals surface area (Å²) < 4.78 is 0. The first-order chi connectivity index (χ1) is 14.9. The van der Waals surface area contributed by atoms with Gasteiger partial charge in [0.15, 0.2) is 0 Å². The first-order valence-electron chi connectivity index (χ1n) is 13.0.